The summed E-state index contributed by atoms with van der Waals surface area (Å²) in [5, 5.41) is 0. The van der Waals surface area contributed by atoms with Gasteiger partial charge >= 0.3 is 189 Å². The van der Waals surface area contributed by atoms with E-state index in [1.807, 2.05) is 13.8 Å². The summed E-state index contributed by atoms with van der Waals surface area (Å²) in [7, 11) is 0. The van der Waals surface area contributed by atoms with Crippen molar-refractivity contribution in [3.05, 3.63) is 0 Å². The minimum atomic E-state index is -0.123. The number of hydrogen-bond donors (Lipinski definition) is 0. The van der Waals surface area contributed by atoms with Crippen LogP contribution in [0.15, 0.2) is 0 Å². The molecule has 0 N–H and O–H groups in total. The molecule has 0 bridgehead atoms. The van der Waals surface area contributed by atoms with Crippen LogP contribution >= 0.6 is 0 Å². The quantitative estimate of drug-likeness (QED) is 0.177. The van der Waals surface area contributed by atoms with E-state index in [4.69, 9.17) is 0 Å². The standard InChI is InChI=1S/C26H50O2Se/c1-8-12-17-25(23(6)27,18-13-9-2)21-16-22(5)29-26(24(7)28,19-14-10-3)20-15-11-4/h22H,8-21H2,1-7H3. The third-order valence-electron chi connectivity index (χ3n) is 6.73. The maximum atomic E-state index is 12.8. The van der Waals surface area contributed by atoms with Crippen molar-refractivity contribution in [2.24, 2.45) is 5.41 Å². The second-order valence-electron chi connectivity index (χ2n) is 9.27. The van der Waals surface area contributed by atoms with E-state index in [2.05, 4.69) is 34.6 Å². The molecule has 0 saturated heterocycles. The fraction of sp³-hybridized carbons (Fsp3) is 0.923. The SMILES string of the molecule is CCCCC(CCCC)(CCC(C)[Se]C(CCCC)(CCCC)C(C)=O)C(C)=O. The van der Waals surface area contributed by atoms with Crippen LogP contribution in [0, 0.1) is 5.41 Å². The van der Waals surface area contributed by atoms with Gasteiger partial charge < -0.3 is 0 Å². The van der Waals surface area contributed by atoms with Crippen LogP contribution in [0.25, 0.3) is 0 Å². The normalized spacial score (nSPS) is 13.5. The van der Waals surface area contributed by atoms with Crippen LogP contribution in [0.1, 0.15) is 138 Å². The van der Waals surface area contributed by atoms with Gasteiger partial charge in [-0.15, -0.1) is 0 Å². The van der Waals surface area contributed by atoms with Gasteiger partial charge in [-0.1, -0.05) is 0 Å². The summed E-state index contributed by atoms with van der Waals surface area (Å²) in [5.41, 5.74) is -0.123. The average Bonchev–Trinajstić information content (AvgIpc) is 2.69. The van der Waals surface area contributed by atoms with E-state index < -0.39 is 0 Å². The van der Waals surface area contributed by atoms with Crippen molar-refractivity contribution in [1.82, 2.24) is 0 Å². The molecule has 0 aliphatic rings. The van der Waals surface area contributed by atoms with Crippen LogP contribution in [0.3, 0.4) is 0 Å². The van der Waals surface area contributed by atoms with Gasteiger partial charge in [0.15, 0.2) is 0 Å². The van der Waals surface area contributed by atoms with Crippen LogP contribution in [-0.4, -0.2) is 26.5 Å². The Morgan fingerprint density at radius 1 is 0.690 bits per heavy atom. The van der Waals surface area contributed by atoms with E-state index in [1.54, 1.807) is 0 Å². The number of carbonyl (C=O) groups excluding carboxylic acids is 2. The molecule has 0 amide bonds. The predicted octanol–water partition coefficient (Wildman–Crippen LogP) is 8.36. The monoisotopic (exact) mass is 474 g/mol. The zero-order chi connectivity index (χ0) is 22.3. The first-order valence-electron chi connectivity index (χ1n) is 12.4. The third kappa shape index (κ3) is 10.1. The second kappa shape index (κ2) is 15.6. The van der Waals surface area contributed by atoms with Gasteiger partial charge in [0.05, 0.1) is 0 Å². The Kier molecular flexibility index (Phi) is 15.6. The topological polar surface area (TPSA) is 34.1 Å². The summed E-state index contributed by atoms with van der Waals surface area (Å²) >= 11 is 0.307. The van der Waals surface area contributed by atoms with Gasteiger partial charge in [-0.2, -0.15) is 0 Å². The van der Waals surface area contributed by atoms with E-state index in [0.717, 1.165) is 89.9 Å². The molecular formula is C26H50O2Se. The number of Topliss-reactive ketones (excluding diaryl/α,β-unsaturated/α-hetero) is 2. The molecule has 2 nitrogen and oxygen atoms in total. The van der Waals surface area contributed by atoms with Gasteiger partial charge in [0.2, 0.25) is 0 Å². The molecule has 0 aromatic heterocycles. The van der Waals surface area contributed by atoms with Crippen LogP contribution in [0.4, 0.5) is 0 Å². The van der Waals surface area contributed by atoms with Gasteiger partial charge in [0, 0.05) is 0 Å². The Balaban J connectivity index is 5.30. The Bertz CT molecular complexity index is 442. The van der Waals surface area contributed by atoms with Crippen molar-refractivity contribution >= 4 is 26.5 Å². The number of hydrogen-bond acceptors (Lipinski definition) is 2. The van der Waals surface area contributed by atoms with Gasteiger partial charge in [0.25, 0.3) is 0 Å². The first kappa shape index (κ1) is 28.9. The van der Waals surface area contributed by atoms with Crippen LogP contribution in [-0.2, 0) is 9.59 Å². The van der Waals surface area contributed by atoms with Gasteiger partial charge in [-0.25, -0.2) is 0 Å². The number of carbonyl (C=O) groups is 2. The van der Waals surface area contributed by atoms with Crippen molar-refractivity contribution in [2.45, 2.75) is 147 Å². The molecule has 1 atom stereocenters. The Hall–Kier alpha value is -0.141. The summed E-state index contributed by atoms with van der Waals surface area (Å²) in [6, 6.07) is 0. The fourth-order valence-electron chi connectivity index (χ4n) is 4.46. The zero-order valence-corrected chi connectivity index (χ0v) is 22.4. The minimum absolute atomic E-state index is 0.0792. The summed E-state index contributed by atoms with van der Waals surface area (Å²) in [5.74, 6) is 0.815. The van der Waals surface area contributed by atoms with Gasteiger partial charge in [0.1, 0.15) is 0 Å². The van der Waals surface area contributed by atoms with Crippen LogP contribution in [0.2, 0.25) is 9.13 Å². The van der Waals surface area contributed by atoms with E-state index in [-0.39, 0.29) is 9.73 Å². The third-order valence-corrected chi connectivity index (χ3v) is 10.5. The first-order chi connectivity index (χ1) is 13.7. The van der Waals surface area contributed by atoms with Crippen LogP contribution < -0.4 is 0 Å². The maximum absolute atomic E-state index is 12.8. The molecule has 1 unspecified atom stereocenters. The van der Waals surface area contributed by atoms with Crippen molar-refractivity contribution in [1.29, 1.82) is 0 Å². The molecule has 172 valence electrons. The van der Waals surface area contributed by atoms with Crippen molar-refractivity contribution < 1.29 is 9.59 Å². The van der Waals surface area contributed by atoms with Crippen molar-refractivity contribution in [2.75, 3.05) is 0 Å². The molecule has 0 aromatic carbocycles. The summed E-state index contributed by atoms with van der Waals surface area (Å²) in [4.78, 5) is 26.0. The Labute approximate surface area is 188 Å². The molecule has 0 radical (unpaired) electrons. The molecule has 0 aliphatic heterocycles. The first-order valence-corrected chi connectivity index (χ1v) is 14.3. The molecule has 0 spiro atoms. The summed E-state index contributed by atoms with van der Waals surface area (Å²) in [6.07, 6.45) is 15.6. The molecular weight excluding hydrogens is 423 g/mol. The molecule has 0 aromatic rings. The predicted molar refractivity (Wildman–Crippen MR) is 129 cm³/mol. The number of rotatable bonds is 19. The Morgan fingerprint density at radius 3 is 1.45 bits per heavy atom. The van der Waals surface area contributed by atoms with E-state index in [0.29, 0.717) is 31.3 Å². The van der Waals surface area contributed by atoms with Crippen molar-refractivity contribution in [3.8, 4) is 0 Å². The number of unbranched alkanes of at least 4 members (excludes halogenated alkanes) is 4. The molecule has 29 heavy (non-hydrogen) atoms. The summed E-state index contributed by atoms with van der Waals surface area (Å²) < 4.78 is -0.0792. The second-order valence-corrected chi connectivity index (χ2v) is 13.1. The van der Waals surface area contributed by atoms with E-state index >= 15 is 0 Å². The Morgan fingerprint density at radius 2 is 1.10 bits per heavy atom. The van der Waals surface area contributed by atoms with E-state index in [9.17, 15) is 9.59 Å². The van der Waals surface area contributed by atoms with Gasteiger partial charge in [-0.3, -0.25) is 0 Å². The molecule has 0 fully saturated rings. The molecule has 0 aliphatic carbocycles. The summed E-state index contributed by atoms with van der Waals surface area (Å²) in [6.45, 7) is 14.9. The molecule has 0 heterocycles. The molecule has 0 saturated carbocycles. The fourth-order valence-corrected chi connectivity index (χ4v) is 8.02. The number of ketones is 2. The van der Waals surface area contributed by atoms with E-state index in [1.165, 1.54) is 0 Å². The van der Waals surface area contributed by atoms with Crippen LogP contribution in [0.5, 0.6) is 0 Å². The zero-order valence-electron chi connectivity index (χ0n) is 20.7. The molecule has 0 rings (SSSR count). The molecule has 3 heteroatoms. The van der Waals surface area contributed by atoms with Gasteiger partial charge in [-0.05, 0) is 0 Å². The van der Waals surface area contributed by atoms with Crippen molar-refractivity contribution in [3.63, 3.8) is 0 Å². The average molecular weight is 474 g/mol.